The molecular formula is C18H30N2O. The average Bonchev–Trinajstić information content (AvgIpc) is 2.68. The number of hydrogen-bond acceptors (Lipinski definition) is 3. The van der Waals surface area contributed by atoms with E-state index < -0.39 is 0 Å². The van der Waals surface area contributed by atoms with Crippen molar-refractivity contribution in [3.8, 4) is 5.75 Å². The van der Waals surface area contributed by atoms with Crippen molar-refractivity contribution in [2.75, 3.05) is 20.6 Å². The molecule has 1 unspecified atom stereocenters. The SMILES string of the molecule is CC(C)C(CNCc1cccc2c1OC(C)(C)C2)N(C)C. The molecule has 21 heavy (non-hydrogen) atoms. The van der Waals surface area contributed by atoms with Crippen LogP contribution in [0, 0.1) is 5.92 Å². The standard InChI is InChI=1S/C18H30N2O/c1-13(2)16(20(5)6)12-19-11-15-9-7-8-14-10-18(3,4)21-17(14)15/h7-9,13,16,19H,10-12H2,1-6H3. The summed E-state index contributed by atoms with van der Waals surface area (Å²) in [5.41, 5.74) is 2.55. The quantitative estimate of drug-likeness (QED) is 0.871. The van der Waals surface area contributed by atoms with Gasteiger partial charge < -0.3 is 15.0 Å². The molecule has 0 aliphatic carbocycles. The number of likely N-dealkylation sites (N-methyl/N-ethyl adjacent to an activating group) is 1. The van der Waals surface area contributed by atoms with Gasteiger partial charge in [-0.2, -0.15) is 0 Å². The smallest absolute Gasteiger partial charge is 0.127 e. The molecule has 1 aromatic carbocycles. The Kier molecular flexibility index (Phi) is 4.95. The van der Waals surface area contributed by atoms with Gasteiger partial charge in [0.25, 0.3) is 0 Å². The van der Waals surface area contributed by atoms with Gasteiger partial charge in [-0.1, -0.05) is 32.0 Å². The lowest BCUT2D eigenvalue weighted by atomic mass is 10.0. The van der Waals surface area contributed by atoms with E-state index in [1.165, 1.54) is 11.1 Å². The fourth-order valence-electron chi connectivity index (χ4n) is 3.19. The second kappa shape index (κ2) is 6.37. The average molecular weight is 290 g/mol. The zero-order valence-corrected chi connectivity index (χ0v) is 14.4. The Bertz CT molecular complexity index is 472. The number of para-hydroxylation sites is 1. The lowest BCUT2D eigenvalue weighted by Crippen LogP contribution is -2.41. The first kappa shape index (κ1) is 16.3. The van der Waals surface area contributed by atoms with Gasteiger partial charge in [0.1, 0.15) is 11.4 Å². The van der Waals surface area contributed by atoms with E-state index in [9.17, 15) is 0 Å². The molecule has 1 aromatic rings. The minimum absolute atomic E-state index is 0.0669. The summed E-state index contributed by atoms with van der Waals surface area (Å²) in [7, 11) is 4.30. The molecule has 1 N–H and O–H groups in total. The molecule has 2 rings (SSSR count). The minimum Gasteiger partial charge on any atom is -0.487 e. The molecule has 1 atom stereocenters. The minimum atomic E-state index is -0.0669. The van der Waals surface area contributed by atoms with Crippen LogP contribution in [0.5, 0.6) is 5.75 Å². The summed E-state index contributed by atoms with van der Waals surface area (Å²) in [6.07, 6.45) is 1.00. The highest BCUT2D eigenvalue weighted by Gasteiger charge is 2.31. The van der Waals surface area contributed by atoms with Crippen LogP contribution in [0.1, 0.15) is 38.8 Å². The zero-order chi connectivity index (χ0) is 15.6. The summed E-state index contributed by atoms with van der Waals surface area (Å²) < 4.78 is 6.13. The van der Waals surface area contributed by atoms with E-state index in [1.807, 2.05) is 0 Å². The Balaban J connectivity index is 1.98. The molecule has 3 heteroatoms. The van der Waals surface area contributed by atoms with E-state index in [2.05, 4.69) is 70.2 Å². The monoisotopic (exact) mass is 290 g/mol. The van der Waals surface area contributed by atoms with Crippen LogP contribution >= 0.6 is 0 Å². The van der Waals surface area contributed by atoms with Gasteiger partial charge in [-0.25, -0.2) is 0 Å². The third-order valence-electron chi connectivity index (χ3n) is 4.27. The topological polar surface area (TPSA) is 24.5 Å². The molecule has 1 aliphatic rings. The lowest BCUT2D eigenvalue weighted by molar-refractivity contribution is 0.137. The highest BCUT2D eigenvalue weighted by molar-refractivity contribution is 5.45. The summed E-state index contributed by atoms with van der Waals surface area (Å²) in [6, 6.07) is 7.06. The number of fused-ring (bicyclic) bond motifs is 1. The first-order chi connectivity index (χ1) is 9.80. The number of benzene rings is 1. The Labute approximate surface area is 129 Å². The van der Waals surface area contributed by atoms with E-state index in [1.54, 1.807) is 0 Å². The highest BCUT2D eigenvalue weighted by atomic mass is 16.5. The summed E-state index contributed by atoms with van der Waals surface area (Å²) in [5, 5.41) is 3.60. The fourth-order valence-corrected chi connectivity index (χ4v) is 3.19. The summed E-state index contributed by atoms with van der Waals surface area (Å²) in [6.45, 7) is 10.7. The van der Waals surface area contributed by atoms with Crippen molar-refractivity contribution in [3.05, 3.63) is 29.3 Å². The largest absolute Gasteiger partial charge is 0.487 e. The predicted octanol–water partition coefficient (Wildman–Crippen LogP) is 3.08. The third kappa shape index (κ3) is 3.98. The Hall–Kier alpha value is -1.06. The lowest BCUT2D eigenvalue weighted by Gasteiger charge is -2.28. The van der Waals surface area contributed by atoms with Crippen molar-refractivity contribution in [1.82, 2.24) is 10.2 Å². The van der Waals surface area contributed by atoms with Crippen molar-refractivity contribution in [1.29, 1.82) is 0 Å². The number of ether oxygens (including phenoxy) is 1. The maximum Gasteiger partial charge on any atom is 0.127 e. The second-order valence-electron chi connectivity index (χ2n) is 7.35. The number of nitrogens with zero attached hydrogens (tertiary/aromatic N) is 1. The van der Waals surface area contributed by atoms with E-state index in [0.717, 1.165) is 25.3 Å². The predicted molar refractivity (Wildman–Crippen MR) is 88.9 cm³/mol. The van der Waals surface area contributed by atoms with E-state index in [0.29, 0.717) is 12.0 Å². The first-order valence-electron chi connectivity index (χ1n) is 7.97. The van der Waals surface area contributed by atoms with Gasteiger partial charge in [0.15, 0.2) is 0 Å². The van der Waals surface area contributed by atoms with E-state index >= 15 is 0 Å². The normalized spacial score (nSPS) is 17.9. The molecule has 0 spiro atoms. The van der Waals surface area contributed by atoms with Crippen LogP contribution in [-0.4, -0.2) is 37.2 Å². The van der Waals surface area contributed by atoms with Crippen molar-refractivity contribution in [2.24, 2.45) is 5.92 Å². The molecule has 0 saturated heterocycles. The van der Waals surface area contributed by atoms with Crippen LogP contribution in [0.2, 0.25) is 0 Å². The zero-order valence-electron chi connectivity index (χ0n) is 14.4. The van der Waals surface area contributed by atoms with Gasteiger partial charge in [-0.05, 0) is 39.4 Å². The maximum atomic E-state index is 6.13. The van der Waals surface area contributed by atoms with E-state index in [4.69, 9.17) is 4.74 Å². The molecule has 1 aliphatic heterocycles. The first-order valence-corrected chi connectivity index (χ1v) is 7.97. The van der Waals surface area contributed by atoms with Crippen LogP contribution in [0.25, 0.3) is 0 Å². The van der Waals surface area contributed by atoms with Crippen molar-refractivity contribution < 1.29 is 4.74 Å². The Morgan fingerprint density at radius 1 is 1.29 bits per heavy atom. The molecule has 0 amide bonds. The van der Waals surface area contributed by atoms with Crippen LogP contribution in [0.4, 0.5) is 0 Å². The molecule has 0 bridgehead atoms. The van der Waals surface area contributed by atoms with Crippen LogP contribution in [0.15, 0.2) is 18.2 Å². The molecule has 0 saturated carbocycles. The van der Waals surface area contributed by atoms with Crippen molar-refractivity contribution in [2.45, 2.75) is 52.3 Å². The van der Waals surface area contributed by atoms with Crippen LogP contribution in [-0.2, 0) is 13.0 Å². The molecule has 0 aromatic heterocycles. The molecular weight excluding hydrogens is 260 g/mol. The maximum absolute atomic E-state index is 6.13. The van der Waals surface area contributed by atoms with Gasteiger partial charge in [0.2, 0.25) is 0 Å². The Morgan fingerprint density at radius 3 is 2.62 bits per heavy atom. The molecule has 0 radical (unpaired) electrons. The number of hydrogen-bond donors (Lipinski definition) is 1. The van der Waals surface area contributed by atoms with Gasteiger partial charge in [-0.15, -0.1) is 0 Å². The molecule has 118 valence electrons. The number of rotatable bonds is 6. The van der Waals surface area contributed by atoms with Gasteiger partial charge in [0.05, 0.1) is 0 Å². The van der Waals surface area contributed by atoms with Crippen LogP contribution in [0.3, 0.4) is 0 Å². The van der Waals surface area contributed by atoms with Crippen molar-refractivity contribution >= 4 is 0 Å². The molecule has 3 nitrogen and oxygen atoms in total. The Morgan fingerprint density at radius 2 is 2.00 bits per heavy atom. The number of nitrogens with one attached hydrogen (secondary N) is 1. The molecule has 1 heterocycles. The fraction of sp³-hybridized carbons (Fsp3) is 0.667. The van der Waals surface area contributed by atoms with Crippen LogP contribution < -0.4 is 10.1 Å². The summed E-state index contributed by atoms with van der Waals surface area (Å²) in [5.74, 6) is 1.74. The van der Waals surface area contributed by atoms with Gasteiger partial charge >= 0.3 is 0 Å². The summed E-state index contributed by atoms with van der Waals surface area (Å²) >= 11 is 0. The molecule has 0 fully saturated rings. The van der Waals surface area contributed by atoms with Gasteiger partial charge in [0, 0.05) is 31.1 Å². The van der Waals surface area contributed by atoms with Gasteiger partial charge in [-0.3, -0.25) is 0 Å². The van der Waals surface area contributed by atoms with Crippen molar-refractivity contribution in [3.63, 3.8) is 0 Å². The second-order valence-corrected chi connectivity index (χ2v) is 7.35. The third-order valence-corrected chi connectivity index (χ3v) is 4.27. The highest BCUT2D eigenvalue weighted by Crippen LogP contribution is 2.37. The van der Waals surface area contributed by atoms with E-state index in [-0.39, 0.29) is 5.60 Å². The summed E-state index contributed by atoms with van der Waals surface area (Å²) in [4.78, 5) is 2.30.